The molecule has 3 heterocycles. The molecular formula is C42H24N2S2. The Bertz CT molecular complexity index is 2820. The predicted octanol–water partition coefficient (Wildman–Crippen LogP) is 12.5. The van der Waals surface area contributed by atoms with Gasteiger partial charge >= 0.3 is 0 Å². The van der Waals surface area contributed by atoms with Crippen LogP contribution in [0.1, 0.15) is 0 Å². The van der Waals surface area contributed by atoms with Gasteiger partial charge in [0.25, 0.3) is 0 Å². The smallest absolute Gasteiger partial charge is 0.143 e. The summed E-state index contributed by atoms with van der Waals surface area (Å²) < 4.78 is 3.91. The van der Waals surface area contributed by atoms with Gasteiger partial charge in [-0.15, -0.1) is 22.7 Å². The molecule has 0 aliphatic carbocycles. The molecule has 0 radical (unpaired) electrons. The van der Waals surface area contributed by atoms with Crippen molar-refractivity contribution in [3.05, 3.63) is 146 Å². The number of hydrogen-bond donors (Lipinski definition) is 0. The van der Waals surface area contributed by atoms with Crippen molar-refractivity contribution in [3.63, 3.8) is 0 Å². The van der Waals surface area contributed by atoms with Gasteiger partial charge < -0.3 is 0 Å². The van der Waals surface area contributed by atoms with Crippen LogP contribution in [0.25, 0.3) is 95.7 Å². The Morgan fingerprint density at radius 1 is 0.435 bits per heavy atom. The standard InChI is InChI=1S/C42H24N2S2/c1-3-17-33-30(14-1)31-15-2-4-18-34(31)41-38(33)39-42(46-41)43-24-36(44-39)28-13-8-11-26(23-28)25-10-7-12-27(22-25)29-19-9-20-35-32-16-5-6-21-37(32)45-40(29)35/h1-24H. The lowest BCUT2D eigenvalue weighted by Gasteiger charge is -2.09. The van der Waals surface area contributed by atoms with Crippen molar-refractivity contribution < 1.29 is 0 Å². The van der Waals surface area contributed by atoms with E-state index in [9.17, 15) is 0 Å². The Labute approximate surface area is 272 Å². The summed E-state index contributed by atoms with van der Waals surface area (Å²) in [6.07, 6.45) is 1.93. The number of hydrogen-bond acceptors (Lipinski definition) is 4. The van der Waals surface area contributed by atoms with Gasteiger partial charge in [0.15, 0.2) is 0 Å². The first kappa shape index (κ1) is 25.9. The minimum absolute atomic E-state index is 0.887. The van der Waals surface area contributed by atoms with Crippen LogP contribution in [0.3, 0.4) is 0 Å². The van der Waals surface area contributed by atoms with Crippen molar-refractivity contribution in [1.29, 1.82) is 0 Å². The third kappa shape index (κ3) is 3.87. The third-order valence-corrected chi connectivity index (χ3v) is 11.5. The highest BCUT2D eigenvalue weighted by Gasteiger charge is 2.17. The maximum atomic E-state index is 5.29. The highest BCUT2D eigenvalue weighted by atomic mass is 32.1. The summed E-state index contributed by atoms with van der Waals surface area (Å²) in [6, 6.07) is 50.3. The molecule has 0 unspecified atom stereocenters. The van der Waals surface area contributed by atoms with Gasteiger partial charge in [-0.3, -0.25) is 0 Å². The third-order valence-electron chi connectivity index (χ3n) is 9.13. The molecule has 46 heavy (non-hydrogen) atoms. The topological polar surface area (TPSA) is 25.8 Å². The van der Waals surface area contributed by atoms with Crippen molar-refractivity contribution in [2.24, 2.45) is 0 Å². The van der Waals surface area contributed by atoms with Crippen LogP contribution < -0.4 is 0 Å². The lowest BCUT2D eigenvalue weighted by atomic mass is 9.96. The van der Waals surface area contributed by atoms with Crippen LogP contribution in [0.2, 0.25) is 0 Å². The van der Waals surface area contributed by atoms with E-state index < -0.39 is 0 Å². The van der Waals surface area contributed by atoms with Crippen LogP contribution in [0.4, 0.5) is 0 Å². The van der Waals surface area contributed by atoms with Gasteiger partial charge in [0.05, 0.1) is 11.9 Å². The molecule has 3 aromatic heterocycles. The quantitative estimate of drug-likeness (QED) is 0.184. The number of thiophene rings is 2. The van der Waals surface area contributed by atoms with Crippen LogP contribution in [0.15, 0.2) is 146 Å². The Kier molecular flexibility index (Phi) is 5.65. The first-order valence-electron chi connectivity index (χ1n) is 15.4. The second-order valence-electron chi connectivity index (χ2n) is 11.7. The first-order valence-corrected chi connectivity index (χ1v) is 17.0. The normalized spacial score (nSPS) is 11.9. The van der Waals surface area contributed by atoms with E-state index in [0.717, 1.165) is 27.2 Å². The summed E-state index contributed by atoms with van der Waals surface area (Å²) in [5.74, 6) is 0. The molecule has 0 N–H and O–H groups in total. The lowest BCUT2D eigenvalue weighted by Crippen LogP contribution is -1.88. The number of fused-ring (bicyclic) bond motifs is 11. The second-order valence-corrected chi connectivity index (χ2v) is 13.8. The summed E-state index contributed by atoms with van der Waals surface area (Å²) in [5, 5.41) is 8.86. The molecule has 0 aliphatic rings. The number of nitrogens with zero attached hydrogens (tertiary/aromatic N) is 2. The Morgan fingerprint density at radius 2 is 1.02 bits per heavy atom. The fourth-order valence-electron chi connectivity index (χ4n) is 7.00. The van der Waals surface area contributed by atoms with Crippen LogP contribution in [-0.4, -0.2) is 9.97 Å². The highest BCUT2D eigenvalue weighted by Crippen LogP contribution is 2.44. The van der Waals surface area contributed by atoms with Gasteiger partial charge in [-0.2, -0.15) is 0 Å². The largest absolute Gasteiger partial charge is 0.243 e. The van der Waals surface area contributed by atoms with E-state index in [1.165, 1.54) is 68.5 Å². The molecule has 0 fully saturated rings. The molecule has 7 aromatic carbocycles. The Morgan fingerprint density at radius 3 is 1.85 bits per heavy atom. The highest BCUT2D eigenvalue weighted by molar-refractivity contribution is 7.26. The molecule has 4 heteroatoms. The van der Waals surface area contributed by atoms with Crippen LogP contribution in [0, 0.1) is 0 Å². The molecule has 10 aromatic rings. The van der Waals surface area contributed by atoms with Crippen LogP contribution in [-0.2, 0) is 0 Å². The van der Waals surface area contributed by atoms with Crippen molar-refractivity contribution in [2.45, 2.75) is 0 Å². The minimum Gasteiger partial charge on any atom is -0.243 e. The van der Waals surface area contributed by atoms with Crippen molar-refractivity contribution in [3.8, 4) is 33.5 Å². The molecule has 0 bridgehead atoms. The molecule has 0 saturated carbocycles. The average Bonchev–Trinajstić information content (AvgIpc) is 3.71. The minimum atomic E-state index is 0.887. The van der Waals surface area contributed by atoms with E-state index in [1.54, 1.807) is 11.3 Å². The fourth-order valence-corrected chi connectivity index (χ4v) is 9.38. The van der Waals surface area contributed by atoms with E-state index in [1.807, 2.05) is 17.5 Å². The van der Waals surface area contributed by atoms with Gasteiger partial charge in [-0.05, 0) is 56.6 Å². The second kappa shape index (κ2) is 10.0. The maximum absolute atomic E-state index is 5.29. The predicted molar refractivity (Wildman–Crippen MR) is 199 cm³/mol. The summed E-state index contributed by atoms with van der Waals surface area (Å²) >= 11 is 3.61. The van der Waals surface area contributed by atoms with Crippen molar-refractivity contribution >= 4 is 84.8 Å². The van der Waals surface area contributed by atoms with E-state index in [2.05, 4.69) is 140 Å². The Balaban J connectivity index is 1.11. The Hall–Kier alpha value is -5.42. The molecule has 0 saturated heterocycles. The van der Waals surface area contributed by atoms with Gasteiger partial charge in [0, 0.05) is 41.2 Å². The van der Waals surface area contributed by atoms with Gasteiger partial charge in [-0.1, -0.05) is 121 Å². The zero-order valence-electron chi connectivity index (χ0n) is 24.6. The summed E-state index contributed by atoms with van der Waals surface area (Å²) in [4.78, 5) is 11.2. The summed E-state index contributed by atoms with van der Waals surface area (Å²) in [5.41, 5.74) is 7.78. The van der Waals surface area contributed by atoms with Gasteiger partial charge in [-0.25, -0.2) is 9.97 Å². The zero-order valence-corrected chi connectivity index (χ0v) is 26.2. The van der Waals surface area contributed by atoms with E-state index in [4.69, 9.17) is 9.97 Å². The maximum Gasteiger partial charge on any atom is 0.143 e. The number of rotatable bonds is 3. The molecule has 0 atom stereocenters. The molecule has 214 valence electrons. The van der Waals surface area contributed by atoms with E-state index in [0.29, 0.717) is 0 Å². The fraction of sp³-hybridized carbons (Fsp3) is 0. The average molecular weight is 621 g/mol. The van der Waals surface area contributed by atoms with Gasteiger partial charge in [0.1, 0.15) is 10.3 Å². The van der Waals surface area contributed by atoms with Crippen molar-refractivity contribution in [1.82, 2.24) is 9.97 Å². The first-order chi connectivity index (χ1) is 22.8. The van der Waals surface area contributed by atoms with Gasteiger partial charge in [0.2, 0.25) is 0 Å². The molecule has 0 spiro atoms. The van der Waals surface area contributed by atoms with E-state index >= 15 is 0 Å². The summed E-state index contributed by atoms with van der Waals surface area (Å²) in [7, 11) is 0. The lowest BCUT2D eigenvalue weighted by molar-refractivity contribution is 1.32. The SMILES string of the molecule is c1cc(-c2cccc(-c3cccc4c3sc3ccccc34)c2)cc(-c2cnc3sc4c5ccccc5c5ccccc5c4c3n2)c1. The van der Waals surface area contributed by atoms with Crippen LogP contribution in [0.5, 0.6) is 0 Å². The monoisotopic (exact) mass is 620 g/mol. The molecule has 10 rings (SSSR count). The van der Waals surface area contributed by atoms with E-state index in [-0.39, 0.29) is 0 Å². The zero-order chi connectivity index (χ0) is 30.2. The summed E-state index contributed by atoms with van der Waals surface area (Å²) in [6.45, 7) is 0. The van der Waals surface area contributed by atoms with Crippen LogP contribution >= 0.6 is 22.7 Å². The molecule has 2 nitrogen and oxygen atoms in total. The molecule has 0 amide bonds. The van der Waals surface area contributed by atoms with Crippen molar-refractivity contribution in [2.75, 3.05) is 0 Å². The molecule has 0 aliphatic heterocycles. The number of benzene rings is 7. The molecular weight excluding hydrogens is 597 g/mol. The number of aromatic nitrogens is 2.